The molecule has 0 saturated carbocycles. The Hall–Kier alpha value is -2.53. The van der Waals surface area contributed by atoms with Crippen LogP contribution >= 0.6 is 0 Å². The van der Waals surface area contributed by atoms with Crippen molar-refractivity contribution in [2.24, 2.45) is 0 Å². The number of hydrogen-bond donors (Lipinski definition) is 1. The van der Waals surface area contributed by atoms with Gasteiger partial charge in [0.25, 0.3) is 0 Å². The quantitative estimate of drug-likeness (QED) is 0.794. The molecular formula is C23H31N3O2. The number of para-hydroxylation sites is 1. The van der Waals surface area contributed by atoms with Gasteiger partial charge in [-0.25, -0.2) is 0 Å². The maximum Gasteiger partial charge on any atom is 0.225 e. The van der Waals surface area contributed by atoms with Crippen molar-refractivity contribution in [2.75, 3.05) is 50.1 Å². The predicted octanol–water partition coefficient (Wildman–Crippen LogP) is 3.72. The number of nitrogens with zero attached hydrogens (tertiary/aromatic N) is 2. The topological polar surface area (TPSA) is 44.8 Å². The highest BCUT2D eigenvalue weighted by molar-refractivity contribution is 5.92. The number of methoxy groups -OCH3 is 1. The van der Waals surface area contributed by atoms with Gasteiger partial charge in [0.2, 0.25) is 5.91 Å². The molecule has 0 aromatic heterocycles. The SMILES string of the molecule is CCc1cccc(C)c1NC(=O)CCN1CCN(c2ccc(OC)cc2)CC1. The number of anilines is 2. The number of rotatable bonds is 7. The van der Waals surface area contributed by atoms with Gasteiger partial charge in [-0.1, -0.05) is 25.1 Å². The minimum absolute atomic E-state index is 0.0987. The maximum absolute atomic E-state index is 12.5. The third-order valence-electron chi connectivity index (χ3n) is 5.47. The number of nitrogens with one attached hydrogen (secondary N) is 1. The monoisotopic (exact) mass is 381 g/mol. The highest BCUT2D eigenvalue weighted by Gasteiger charge is 2.18. The summed E-state index contributed by atoms with van der Waals surface area (Å²) < 4.78 is 5.23. The van der Waals surface area contributed by atoms with Crippen LogP contribution in [0.15, 0.2) is 42.5 Å². The van der Waals surface area contributed by atoms with Gasteiger partial charge in [0.05, 0.1) is 7.11 Å². The summed E-state index contributed by atoms with van der Waals surface area (Å²) in [6, 6.07) is 14.4. The lowest BCUT2D eigenvalue weighted by atomic mass is 10.1. The smallest absolute Gasteiger partial charge is 0.225 e. The standard InChI is InChI=1S/C23H31N3O2/c1-4-19-7-5-6-18(2)23(19)24-22(27)12-13-25-14-16-26(17-15-25)20-8-10-21(28-3)11-9-20/h5-11H,4,12-17H2,1-3H3,(H,24,27). The molecule has 1 aliphatic heterocycles. The second kappa shape index (κ2) is 9.60. The van der Waals surface area contributed by atoms with E-state index in [0.717, 1.165) is 56.1 Å². The van der Waals surface area contributed by atoms with E-state index in [1.165, 1.54) is 11.3 Å². The molecule has 1 saturated heterocycles. The zero-order chi connectivity index (χ0) is 19.9. The molecule has 5 nitrogen and oxygen atoms in total. The Bertz CT molecular complexity index is 781. The predicted molar refractivity (Wildman–Crippen MR) is 115 cm³/mol. The molecule has 1 N–H and O–H groups in total. The van der Waals surface area contributed by atoms with Gasteiger partial charge in [-0.05, 0) is 48.7 Å². The van der Waals surface area contributed by atoms with Crippen LogP contribution in [0.2, 0.25) is 0 Å². The molecule has 1 heterocycles. The molecule has 5 heteroatoms. The van der Waals surface area contributed by atoms with E-state index in [9.17, 15) is 4.79 Å². The Labute approximate surface area is 168 Å². The summed E-state index contributed by atoms with van der Waals surface area (Å²) in [5, 5.41) is 3.13. The van der Waals surface area contributed by atoms with E-state index in [-0.39, 0.29) is 5.91 Å². The number of carbonyl (C=O) groups excluding carboxylic acids is 1. The van der Waals surface area contributed by atoms with Gasteiger partial charge < -0.3 is 15.0 Å². The Balaban J connectivity index is 1.45. The lowest BCUT2D eigenvalue weighted by molar-refractivity contribution is -0.116. The summed E-state index contributed by atoms with van der Waals surface area (Å²) in [5.41, 5.74) is 4.53. The van der Waals surface area contributed by atoms with E-state index < -0.39 is 0 Å². The van der Waals surface area contributed by atoms with Gasteiger partial charge >= 0.3 is 0 Å². The molecule has 2 aromatic rings. The number of benzene rings is 2. The summed E-state index contributed by atoms with van der Waals surface area (Å²) in [5.74, 6) is 0.981. The first-order valence-corrected chi connectivity index (χ1v) is 10.1. The molecule has 3 rings (SSSR count). The molecule has 0 radical (unpaired) electrons. The summed E-state index contributed by atoms with van der Waals surface area (Å²) >= 11 is 0. The molecular weight excluding hydrogens is 350 g/mol. The van der Waals surface area contributed by atoms with Crippen LogP contribution in [0.1, 0.15) is 24.5 Å². The maximum atomic E-state index is 12.5. The minimum atomic E-state index is 0.0987. The molecule has 0 spiro atoms. The zero-order valence-electron chi connectivity index (χ0n) is 17.2. The zero-order valence-corrected chi connectivity index (χ0v) is 17.2. The second-order valence-corrected chi connectivity index (χ2v) is 7.29. The molecule has 1 amide bonds. The molecule has 0 unspecified atom stereocenters. The Morgan fingerprint density at radius 3 is 2.43 bits per heavy atom. The highest BCUT2D eigenvalue weighted by atomic mass is 16.5. The molecule has 150 valence electrons. The van der Waals surface area contributed by atoms with E-state index in [4.69, 9.17) is 4.74 Å². The average molecular weight is 382 g/mol. The van der Waals surface area contributed by atoms with Crippen molar-refractivity contribution in [2.45, 2.75) is 26.7 Å². The van der Waals surface area contributed by atoms with Gasteiger partial charge in [-0.2, -0.15) is 0 Å². The van der Waals surface area contributed by atoms with E-state index in [1.54, 1.807) is 7.11 Å². The largest absolute Gasteiger partial charge is 0.497 e. The normalized spacial score (nSPS) is 14.8. The number of carbonyl (C=O) groups is 1. The van der Waals surface area contributed by atoms with Crippen molar-refractivity contribution in [1.82, 2.24) is 4.90 Å². The molecule has 2 aromatic carbocycles. The van der Waals surface area contributed by atoms with E-state index in [2.05, 4.69) is 40.2 Å². The third-order valence-corrected chi connectivity index (χ3v) is 5.47. The third kappa shape index (κ3) is 5.04. The fourth-order valence-electron chi connectivity index (χ4n) is 3.69. The molecule has 1 aliphatic rings. The van der Waals surface area contributed by atoms with Crippen LogP contribution in [0, 0.1) is 6.92 Å². The highest BCUT2D eigenvalue weighted by Crippen LogP contribution is 2.22. The first-order valence-electron chi connectivity index (χ1n) is 10.1. The molecule has 0 aliphatic carbocycles. The van der Waals surface area contributed by atoms with Crippen molar-refractivity contribution in [3.05, 3.63) is 53.6 Å². The molecule has 28 heavy (non-hydrogen) atoms. The van der Waals surface area contributed by atoms with E-state index >= 15 is 0 Å². The van der Waals surface area contributed by atoms with E-state index in [1.807, 2.05) is 31.2 Å². The minimum Gasteiger partial charge on any atom is -0.497 e. The summed E-state index contributed by atoms with van der Waals surface area (Å²) in [7, 11) is 1.69. The Morgan fingerprint density at radius 2 is 1.79 bits per heavy atom. The molecule has 0 atom stereocenters. The van der Waals surface area contributed by atoms with Crippen molar-refractivity contribution < 1.29 is 9.53 Å². The number of piperazine rings is 1. The van der Waals surface area contributed by atoms with Crippen LogP contribution in [0.3, 0.4) is 0 Å². The van der Waals surface area contributed by atoms with Crippen LogP contribution in [-0.4, -0.2) is 50.6 Å². The van der Waals surface area contributed by atoms with Crippen molar-refractivity contribution in [3.63, 3.8) is 0 Å². The summed E-state index contributed by atoms with van der Waals surface area (Å²) in [6.07, 6.45) is 1.45. The Morgan fingerprint density at radius 1 is 1.07 bits per heavy atom. The van der Waals surface area contributed by atoms with Gasteiger partial charge in [-0.3, -0.25) is 9.69 Å². The fourth-order valence-corrected chi connectivity index (χ4v) is 3.69. The van der Waals surface area contributed by atoms with Crippen molar-refractivity contribution >= 4 is 17.3 Å². The number of amides is 1. The lowest BCUT2D eigenvalue weighted by Gasteiger charge is -2.36. The van der Waals surface area contributed by atoms with Crippen molar-refractivity contribution in [1.29, 1.82) is 0 Å². The average Bonchev–Trinajstić information content (AvgIpc) is 2.74. The van der Waals surface area contributed by atoms with Crippen LogP contribution in [-0.2, 0) is 11.2 Å². The number of hydrogen-bond acceptors (Lipinski definition) is 4. The van der Waals surface area contributed by atoms with Crippen molar-refractivity contribution in [3.8, 4) is 5.75 Å². The van der Waals surface area contributed by atoms with Gasteiger partial charge in [0.15, 0.2) is 0 Å². The second-order valence-electron chi connectivity index (χ2n) is 7.29. The Kier molecular flexibility index (Phi) is 6.93. The summed E-state index contributed by atoms with van der Waals surface area (Å²) in [4.78, 5) is 17.2. The van der Waals surface area contributed by atoms with Crippen LogP contribution < -0.4 is 15.0 Å². The summed E-state index contributed by atoms with van der Waals surface area (Å²) in [6.45, 7) is 8.88. The van der Waals surface area contributed by atoms with Gasteiger partial charge in [0, 0.05) is 50.5 Å². The number of aryl methyl sites for hydroxylation is 2. The number of ether oxygens (including phenoxy) is 1. The van der Waals surface area contributed by atoms with E-state index in [0.29, 0.717) is 6.42 Å². The van der Waals surface area contributed by atoms with Crippen LogP contribution in [0.25, 0.3) is 0 Å². The van der Waals surface area contributed by atoms with Crippen LogP contribution in [0.5, 0.6) is 5.75 Å². The fraction of sp³-hybridized carbons (Fsp3) is 0.435. The van der Waals surface area contributed by atoms with Gasteiger partial charge in [-0.15, -0.1) is 0 Å². The molecule has 0 bridgehead atoms. The lowest BCUT2D eigenvalue weighted by Crippen LogP contribution is -2.47. The van der Waals surface area contributed by atoms with Gasteiger partial charge in [0.1, 0.15) is 5.75 Å². The molecule has 1 fully saturated rings. The first-order chi connectivity index (χ1) is 13.6. The van der Waals surface area contributed by atoms with Crippen LogP contribution in [0.4, 0.5) is 11.4 Å². The first kappa shape index (κ1) is 20.2.